The summed E-state index contributed by atoms with van der Waals surface area (Å²) in [5, 5.41) is 2.69. The van der Waals surface area contributed by atoms with E-state index >= 15 is 0 Å². The number of amides is 1. The number of hydrogen-bond acceptors (Lipinski definition) is 6. The van der Waals surface area contributed by atoms with Crippen molar-refractivity contribution in [3.63, 3.8) is 0 Å². The number of alkyl carbamates (subject to hydrolysis) is 1. The molecule has 1 saturated heterocycles. The highest BCUT2D eigenvalue weighted by molar-refractivity contribution is 7.86. The van der Waals surface area contributed by atoms with Gasteiger partial charge in [0.1, 0.15) is 5.60 Å². The molecule has 1 fully saturated rings. The van der Waals surface area contributed by atoms with Gasteiger partial charge < -0.3 is 10.1 Å². The number of rotatable bonds is 5. The van der Waals surface area contributed by atoms with Crippen LogP contribution >= 0.6 is 0 Å². The maximum absolute atomic E-state index is 11.5. The van der Waals surface area contributed by atoms with E-state index in [9.17, 15) is 13.2 Å². The molecule has 124 valence electrons. The highest BCUT2D eigenvalue weighted by Crippen LogP contribution is 2.14. The highest BCUT2D eigenvalue weighted by Gasteiger charge is 2.23. The predicted octanol–water partition coefficient (Wildman–Crippen LogP) is 0.952. The van der Waals surface area contributed by atoms with Gasteiger partial charge in [0.2, 0.25) is 0 Å². The molecular formula is C13H26N2O5S. The molecule has 1 heterocycles. The Kier molecular flexibility index (Phi) is 6.42. The summed E-state index contributed by atoms with van der Waals surface area (Å²) in [5.41, 5.74) is -0.510. The number of nitrogens with zero attached hydrogens (tertiary/aromatic N) is 1. The molecule has 0 aromatic carbocycles. The van der Waals surface area contributed by atoms with Gasteiger partial charge in [0.15, 0.2) is 0 Å². The van der Waals surface area contributed by atoms with E-state index < -0.39 is 21.8 Å². The van der Waals surface area contributed by atoms with Crippen LogP contribution < -0.4 is 5.32 Å². The molecule has 0 bridgehead atoms. The molecule has 21 heavy (non-hydrogen) atoms. The molecule has 1 atom stereocenters. The van der Waals surface area contributed by atoms with Gasteiger partial charge in [0, 0.05) is 19.6 Å². The monoisotopic (exact) mass is 322 g/mol. The average molecular weight is 322 g/mol. The van der Waals surface area contributed by atoms with Gasteiger partial charge in [-0.25, -0.2) is 4.79 Å². The molecule has 0 aromatic rings. The summed E-state index contributed by atoms with van der Waals surface area (Å²) in [6.45, 7) is 7.96. The molecule has 0 spiro atoms. The fourth-order valence-corrected chi connectivity index (χ4v) is 2.82. The van der Waals surface area contributed by atoms with Crippen molar-refractivity contribution in [2.75, 3.05) is 32.4 Å². The first kappa shape index (κ1) is 18.2. The highest BCUT2D eigenvalue weighted by atomic mass is 32.2. The van der Waals surface area contributed by atoms with Crippen molar-refractivity contribution >= 4 is 16.2 Å². The normalized spacial score (nSPS) is 21.0. The van der Waals surface area contributed by atoms with Crippen LogP contribution in [-0.2, 0) is 19.0 Å². The number of likely N-dealkylation sites (tertiary alicyclic amines) is 1. The van der Waals surface area contributed by atoms with Gasteiger partial charge in [-0.1, -0.05) is 0 Å². The van der Waals surface area contributed by atoms with Gasteiger partial charge in [0.25, 0.3) is 10.1 Å². The van der Waals surface area contributed by atoms with Crippen LogP contribution in [0, 0.1) is 0 Å². The minimum Gasteiger partial charge on any atom is -0.444 e. The van der Waals surface area contributed by atoms with E-state index in [0.29, 0.717) is 19.6 Å². The van der Waals surface area contributed by atoms with Crippen molar-refractivity contribution in [1.82, 2.24) is 10.2 Å². The summed E-state index contributed by atoms with van der Waals surface area (Å²) < 4.78 is 32.4. The van der Waals surface area contributed by atoms with E-state index in [4.69, 9.17) is 8.92 Å². The van der Waals surface area contributed by atoms with Crippen molar-refractivity contribution < 1.29 is 22.1 Å². The van der Waals surface area contributed by atoms with Crippen molar-refractivity contribution in [3.8, 4) is 0 Å². The molecule has 1 amide bonds. The lowest BCUT2D eigenvalue weighted by atomic mass is 10.1. The minimum atomic E-state index is -3.42. The number of carbonyl (C=O) groups excluding carboxylic acids is 1. The van der Waals surface area contributed by atoms with Crippen LogP contribution in [0.25, 0.3) is 0 Å². The Morgan fingerprint density at radius 1 is 1.38 bits per heavy atom. The molecule has 0 aliphatic carbocycles. The number of carbonyl (C=O) groups is 1. The smallest absolute Gasteiger partial charge is 0.407 e. The molecule has 0 saturated carbocycles. The van der Waals surface area contributed by atoms with Crippen LogP contribution in [0.2, 0.25) is 0 Å². The van der Waals surface area contributed by atoms with Crippen molar-refractivity contribution in [2.24, 2.45) is 0 Å². The van der Waals surface area contributed by atoms with E-state index in [-0.39, 0.29) is 6.10 Å². The van der Waals surface area contributed by atoms with Crippen LogP contribution in [0.5, 0.6) is 0 Å². The van der Waals surface area contributed by atoms with Gasteiger partial charge in [0.05, 0.1) is 12.4 Å². The molecule has 1 aliphatic heterocycles. The predicted molar refractivity (Wildman–Crippen MR) is 79.6 cm³/mol. The first-order valence-corrected chi connectivity index (χ1v) is 8.94. The quantitative estimate of drug-likeness (QED) is 0.759. The molecule has 1 aliphatic rings. The minimum absolute atomic E-state index is 0.296. The Morgan fingerprint density at radius 3 is 2.62 bits per heavy atom. The number of piperidine rings is 1. The Morgan fingerprint density at radius 2 is 2.05 bits per heavy atom. The summed E-state index contributed by atoms with van der Waals surface area (Å²) in [6, 6.07) is 0. The van der Waals surface area contributed by atoms with Crippen LogP contribution in [0.15, 0.2) is 0 Å². The average Bonchev–Trinajstić information content (AvgIpc) is 2.24. The van der Waals surface area contributed by atoms with E-state index in [0.717, 1.165) is 25.6 Å². The van der Waals surface area contributed by atoms with Crippen molar-refractivity contribution in [2.45, 2.75) is 45.3 Å². The molecule has 1 rings (SSSR count). The van der Waals surface area contributed by atoms with Gasteiger partial charge in [-0.05, 0) is 40.2 Å². The molecule has 0 radical (unpaired) electrons. The van der Waals surface area contributed by atoms with Gasteiger partial charge >= 0.3 is 6.09 Å². The Hall–Kier alpha value is -0.860. The zero-order chi connectivity index (χ0) is 16.1. The summed E-state index contributed by atoms with van der Waals surface area (Å²) >= 11 is 0. The summed E-state index contributed by atoms with van der Waals surface area (Å²) in [7, 11) is -3.42. The molecule has 0 aromatic heterocycles. The summed E-state index contributed by atoms with van der Waals surface area (Å²) in [6.07, 6.45) is 1.95. The Labute approximate surface area is 127 Å². The van der Waals surface area contributed by atoms with E-state index in [1.54, 1.807) is 0 Å². The van der Waals surface area contributed by atoms with Crippen LogP contribution in [-0.4, -0.2) is 63.6 Å². The first-order valence-electron chi connectivity index (χ1n) is 7.13. The maximum atomic E-state index is 11.5. The van der Waals surface area contributed by atoms with E-state index in [1.807, 2.05) is 20.8 Å². The molecule has 7 nitrogen and oxygen atoms in total. The lowest BCUT2D eigenvalue weighted by Gasteiger charge is -2.31. The number of hydrogen-bond donors (Lipinski definition) is 1. The zero-order valence-corrected chi connectivity index (χ0v) is 14.0. The summed E-state index contributed by atoms with van der Waals surface area (Å²) in [4.78, 5) is 13.6. The Bertz CT molecular complexity index is 444. The maximum Gasteiger partial charge on any atom is 0.407 e. The number of nitrogens with one attached hydrogen (secondary N) is 1. The molecule has 1 unspecified atom stereocenters. The second-order valence-corrected chi connectivity index (χ2v) is 7.89. The topological polar surface area (TPSA) is 84.9 Å². The fraction of sp³-hybridized carbons (Fsp3) is 0.923. The van der Waals surface area contributed by atoms with Gasteiger partial charge in [-0.3, -0.25) is 9.08 Å². The lowest BCUT2D eigenvalue weighted by Crippen LogP contribution is -2.44. The number of ether oxygens (including phenoxy) is 1. The SMILES string of the molecule is CC(C)(C)OC(=O)NCCN1CCCC(OS(C)(=O)=O)C1. The molecule has 1 N–H and O–H groups in total. The molecular weight excluding hydrogens is 296 g/mol. The van der Waals surface area contributed by atoms with E-state index in [1.165, 1.54) is 0 Å². The van der Waals surface area contributed by atoms with Crippen molar-refractivity contribution in [3.05, 3.63) is 0 Å². The first-order chi connectivity index (χ1) is 9.55. The van der Waals surface area contributed by atoms with Gasteiger partial charge in [-0.2, -0.15) is 8.42 Å². The van der Waals surface area contributed by atoms with Gasteiger partial charge in [-0.15, -0.1) is 0 Å². The standard InChI is InChI=1S/C13H26N2O5S/c1-13(2,3)19-12(16)14-7-9-15-8-5-6-11(10-15)20-21(4,17)18/h11H,5-10H2,1-4H3,(H,14,16). The third-order valence-corrected chi connectivity index (χ3v) is 3.49. The van der Waals surface area contributed by atoms with Crippen LogP contribution in [0.4, 0.5) is 4.79 Å². The third kappa shape index (κ3) is 8.90. The second kappa shape index (κ2) is 7.42. The Balaban J connectivity index is 2.27. The lowest BCUT2D eigenvalue weighted by molar-refractivity contribution is 0.0511. The third-order valence-electron chi connectivity index (χ3n) is 2.87. The zero-order valence-electron chi connectivity index (χ0n) is 13.2. The second-order valence-electron chi connectivity index (χ2n) is 6.29. The largest absolute Gasteiger partial charge is 0.444 e. The van der Waals surface area contributed by atoms with Crippen LogP contribution in [0.1, 0.15) is 33.6 Å². The van der Waals surface area contributed by atoms with Crippen LogP contribution in [0.3, 0.4) is 0 Å². The van der Waals surface area contributed by atoms with Crippen molar-refractivity contribution in [1.29, 1.82) is 0 Å². The fourth-order valence-electron chi connectivity index (χ4n) is 2.17. The van der Waals surface area contributed by atoms with E-state index in [2.05, 4.69) is 10.2 Å². The summed E-state index contributed by atoms with van der Waals surface area (Å²) in [5.74, 6) is 0. The molecule has 8 heteroatoms.